The normalized spacial score (nSPS) is 30.3. The number of likely N-dealkylation sites (tertiary alicyclic amines) is 1. The van der Waals surface area contributed by atoms with Crippen LogP contribution >= 0.6 is 0 Å². The van der Waals surface area contributed by atoms with Crippen LogP contribution in [0.4, 0.5) is 0 Å². The van der Waals surface area contributed by atoms with E-state index in [0.717, 1.165) is 6.54 Å². The number of likely N-dealkylation sites (N-methyl/N-ethyl adjacent to an activating group) is 1. The first-order valence-corrected chi connectivity index (χ1v) is 6.38. The minimum Gasteiger partial charge on any atom is -0.308 e. The van der Waals surface area contributed by atoms with Crippen molar-refractivity contribution in [3.05, 3.63) is 35.4 Å². The van der Waals surface area contributed by atoms with Crippen LogP contribution < -0.4 is 5.32 Å². The molecule has 3 rings (SSSR count). The fourth-order valence-corrected chi connectivity index (χ4v) is 3.24. The second-order valence-corrected chi connectivity index (χ2v) is 5.07. The van der Waals surface area contributed by atoms with Gasteiger partial charge in [-0.2, -0.15) is 0 Å². The van der Waals surface area contributed by atoms with Crippen molar-refractivity contribution in [2.45, 2.75) is 31.3 Å². The Balaban J connectivity index is 1.92. The highest BCUT2D eigenvalue weighted by Crippen LogP contribution is 2.32. The van der Waals surface area contributed by atoms with Crippen molar-refractivity contribution in [1.82, 2.24) is 10.2 Å². The largest absolute Gasteiger partial charge is 0.308 e. The van der Waals surface area contributed by atoms with Gasteiger partial charge in [-0.15, -0.1) is 0 Å². The van der Waals surface area contributed by atoms with E-state index in [-0.39, 0.29) is 0 Å². The first-order chi connectivity index (χ1) is 7.86. The summed E-state index contributed by atoms with van der Waals surface area (Å²) in [6.07, 6.45) is 3.87. The first kappa shape index (κ1) is 10.3. The molecule has 2 aliphatic heterocycles. The van der Waals surface area contributed by atoms with Crippen molar-refractivity contribution >= 4 is 0 Å². The molecule has 2 heterocycles. The van der Waals surface area contributed by atoms with Gasteiger partial charge >= 0.3 is 0 Å². The third kappa shape index (κ3) is 1.66. The number of nitrogens with one attached hydrogen (secondary N) is 1. The molecule has 0 unspecified atom stereocenters. The van der Waals surface area contributed by atoms with E-state index in [9.17, 15) is 0 Å². The number of fused-ring (bicyclic) bond motifs is 1. The molecule has 2 heteroatoms. The molecule has 2 atom stereocenters. The third-order valence-electron chi connectivity index (χ3n) is 4.11. The van der Waals surface area contributed by atoms with Crippen LogP contribution in [0.2, 0.25) is 0 Å². The molecule has 0 aliphatic carbocycles. The summed E-state index contributed by atoms with van der Waals surface area (Å²) in [5.41, 5.74) is 3.08. The van der Waals surface area contributed by atoms with Gasteiger partial charge in [0.2, 0.25) is 0 Å². The fraction of sp³-hybridized carbons (Fsp3) is 0.571. The molecule has 1 N–H and O–H groups in total. The number of benzene rings is 1. The van der Waals surface area contributed by atoms with Gasteiger partial charge < -0.3 is 10.2 Å². The first-order valence-electron chi connectivity index (χ1n) is 6.38. The Bertz CT molecular complexity index is 375. The second-order valence-electron chi connectivity index (χ2n) is 5.07. The molecule has 0 aromatic heterocycles. The molecular formula is C14H20N2. The lowest BCUT2D eigenvalue weighted by molar-refractivity contribution is 0.241. The van der Waals surface area contributed by atoms with Crippen molar-refractivity contribution in [1.29, 1.82) is 0 Å². The standard InChI is InChI=1S/C14H20N2/c1-16-10-4-7-13(16)14-12-6-3-2-5-11(12)8-9-15-14/h2-3,5-6,13-15H,4,7-10H2,1H3/t13-,14-/m1/s1. The maximum absolute atomic E-state index is 3.71. The number of hydrogen-bond acceptors (Lipinski definition) is 2. The fourth-order valence-electron chi connectivity index (χ4n) is 3.24. The zero-order valence-corrected chi connectivity index (χ0v) is 9.95. The predicted molar refractivity (Wildman–Crippen MR) is 66.5 cm³/mol. The van der Waals surface area contributed by atoms with Gasteiger partial charge in [0.1, 0.15) is 0 Å². The summed E-state index contributed by atoms with van der Waals surface area (Å²) in [5.74, 6) is 0. The molecule has 0 amide bonds. The van der Waals surface area contributed by atoms with Gasteiger partial charge in [-0.25, -0.2) is 0 Å². The van der Waals surface area contributed by atoms with Crippen LogP contribution in [0, 0.1) is 0 Å². The van der Waals surface area contributed by atoms with Crippen molar-refractivity contribution in [2.24, 2.45) is 0 Å². The highest BCUT2D eigenvalue weighted by atomic mass is 15.2. The average molecular weight is 216 g/mol. The Morgan fingerprint density at radius 2 is 2.19 bits per heavy atom. The molecule has 2 aliphatic rings. The molecule has 0 saturated carbocycles. The highest BCUT2D eigenvalue weighted by molar-refractivity contribution is 5.33. The molecule has 1 saturated heterocycles. The number of hydrogen-bond donors (Lipinski definition) is 1. The van der Waals surface area contributed by atoms with E-state index in [4.69, 9.17) is 0 Å². The molecule has 1 aromatic rings. The minimum absolute atomic E-state index is 0.553. The number of nitrogens with zero attached hydrogens (tertiary/aromatic N) is 1. The van der Waals surface area contributed by atoms with Crippen molar-refractivity contribution in [3.8, 4) is 0 Å². The molecule has 1 aromatic carbocycles. The molecule has 86 valence electrons. The van der Waals surface area contributed by atoms with Crippen molar-refractivity contribution in [2.75, 3.05) is 20.1 Å². The van der Waals surface area contributed by atoms with Gasteiger partial charge in [0.05, 0.1) is 0 Å². The van der Waals surface area contributed by atoms with Crippen LogP contribution in [0.1, 0.15) is 30.0 Å². The van der Waals surface area contributed by atoms with E-state index >= 15 is 0 Å². The predicted octanol–water partition coefficient (Wildman–Crippen LogP) is 1.97. The van der Waals surface area contributed by atoms with Gasteiger partial charge in [0.25, 0.3) is 0 Å². The summed E-state index contributed by atoms with van der Waals surface area (Å²) in [4.78, 5) is 2.51. The molecule has 1 fully saturated rings. The summed E-state index contributed by atoms with van der Waals surface area (Å²) in [5, 5.41) is 3.71. The Morgan fingerprint density at radius 1 is 1.31 bits per heavy atom. The van der Waals surface area contributed by atoms with E-state index < -0.39 is 0 Å². The van der Waals surface area contributed by atoms with Gasteiger partial charge in [0.15, 0.2) is 0 Å². The summed E-state index contributed by atoms with van der Waals surface area (Å²) in [7, 11) is 2.26. The summed E-state index contributed by atoms with van der Waals surface area (Å²) >= 11 is 0. The topological polar surface area (TPSA) is 15.3 Å². The number of rotatable bonds is 1. The zero-order chi connectivity index (χ0) is 11.0. The van der Waals surface area contributed by atoms with Crippen LogP contribution in [0.15, 0.2) is 24.3 Å². The molecule has 0 bridgehead atoms. The van der Waals surface area contributed by atoms with E-state index in [0.29, 0.717) is 12.1 Å². The second kappa shape index (κ2) is 4.19. The molecule has 16 heavy (non-hydrogen) atoms. The van der Waals surface area contributed by atoms with Crippen LogP contribution in [0.25, 0.3) is 0 Å². The molecule has 2 nitrogen and oxygen atoms in total. The van der Waals surface area contributed by atoms with Crippen LogP contribution in [0.3, 0.4) is 0 Å². The van der Waals surface area contributed by atoms with Crippen LogP contribution in [-0.2, 0) is 6.42 Å². The quantitative estimate of drug-likeness (QED) is 0.772. The summed E-state index contributed by atoms with van der Waals surface area (Å²) < 4.78 is 0. The van der Waals surface area contributed by atoms with Gasteiger partial charge in [0, 0.05) is 12.1 Å². The average Bonchev–Trinajstić information content (AvgIpc) is 2.75. The molecule has 0 spiro atoms. The third-order valence-corrected chi connectivity index (χ3v) is 4.11. The maximum atomic E-state index is 3.71. The van der Waals surface area contributed by atoms with Gasteiger partial charge in [-0.1, -0.05) is 24.3 Å². The molecule has 0 radical (unpaired) electrons. The molecular weight excluding hydrogens is 196 g/mol. The lowest BCUT2D eigenvalue weighted by Gasteiger charge is -2.34. The Hall–Kier alpha value is -0.860. The van der Waals surface area contributed by atoms with Crippen molar-refractivity contribution in [3.63, 3.8) is 0 Å². The zero-order valence-electron chi connectivity index (χ0n) is 9.95. The Morgan fingerprint density at radius 3 is 3.00 bits per heavy atom. The smallest absolute Gasteiger partial charge is 0.0480 e. The van der Waals surface area contributed by atoms with Crippen LogP contribution in [0.5, 0.6) is 0 Å². The van der Waals surface area contributed by atoms with E-state index in [1.165, 1.54) is 31.4 Å². The lowest BCUT2D eigenvalue weighted by atomic mass is 9.89. The minimum atomic E-state index is 0.553. The Labute approximate surface area is 97.6 Å². The monoisotopic (exact) mass is 216 g/mol. The van der Waals surface area contributed by atoms with Crippen molar-refractivity contribution < 1.29 is 0 Å². The maximum Gasteiger partial charge on any atom is 0.0480 e. The van der Waals surface area contributed by atoms with Gasteiger partial charge in [-0.3, -0.25) is 0 Å². The van der Waals surface area contributed by atoms with E-state index in [2.05, 4.69) is 41.5 Å². The lowest BCUT2D eigenvalue weighted by Crippen LogP contribution is -2.42. The van der Waals surface area contributed by atoms with Crippen LogP contribution in [-0.4, -0.2) is 31.1 Å². The highest BCUT2D eigenvalue weighted by Gasteiger charge is 2.32. The SMILES string of the molecule is CN1CCC[C@@H]1[C@@H]1NCCc2ccccc21. The summed E-state index contributed by atoms with van der Waals surface area (Å²) in [6, 6.07) is 10.2. The van der Waals surface area contributed by atoms with E-state index in [1.807, 2.05) is 0 Å². The van der Waals surface area contributed by atoms with E-state index in [1.54, 1.807) is 5.56 Å². The summed E-state index contributed by atoms with van der Waals surface area (Å²) in [6.45, 7) is 2.39. The van der Waals surface area contributed by atoms with Gasteiger partial charge in [-0.05, 0) is 50.5 Å². The Kier molecular flexibility index (Phi) is 2.70.